The van der Waals surface area contributed by atoms with Crippen molar-refractivity contribution in [1.82, 2.24) is 5.32 Å². The van der Waals surface area contributed by atoms with Crippen LogP contribution in [-0.4, -0.2) is 24.9 Å². The maximum Gasteiger partial charge on any atom is 0.227 e. The molecular formula is C14H18ClN3O2. The van der Waals surface area contributed by atoms with Crippen LogP contribution >= 0.6 is 11.6 Å². The average Bonchev–Trinajstić information content (AvgIpc) is 2.29. The Bertz CT molecular complexity index is 529. The van der Waals surface area contributed by atoms with Crippen LogP contribution in [0.4, 0.5) is 11.4 Å². The number of halogens is 1. The molecule has 1 aromatic rings. The molecule has 0 spiro atoms. The van der Waals surface area contributed by atoms with Gasteiger partial charge in [0.2, 0.25) is 11.8 Å². The highest BCUT2D eigenvalue weighted by atomic mass is 35.5. The van der Waals surface area contributed by atoms with E-state index in [1.807, 2.05) is 6.92 Å². The van der Waals surface area contributed by atoms with Gasteiger partial charge in [-0.05, 0) is 37.2 Å². The third kappa shape index (κ3) is 3.49. The molecule has 2 rings (SSSR count). The number of carbonyl (C=O) groups is 2. The summed E-state index contributed by atoms with van der Waals surface area (Å²) in [4.78, 5) is 23.4. The molecule has 1 aliphatic rings. The standard InChI is InChI=1S/C14H18ClN3O2/c1-8(10-6-16-7-10)14(20)18-12-4-3-11(15)5-13(12)17-9(2)19/h3-5,8,10,16H,6-7H2,1-2H3,(H,17,19)(H,18,20). The highest BCUT2D eigenvalue weighted by Crippen LogP contribution is 2.27. The van der Waals surface area contributed by atoms with Gasteiger partial charge in [0.25, 0.3) is 0 Å². The van der Waals surface area contributed by atoms with E-state index in [1.165, 1.54) is 6.92 Å². The summed E-state index contributed by atoms with van der Waals surface area (Å²) in [5.41, 5.74) is 1.08. The van der Waals surface area contributed by atoms with Gasteiger partial charge in [-0.15, -0.1) is 0 Å². The Morgan fingerprint density at radius 1 is 1.30 bits per heavy atom. The van der Waals surface area contributed by atoms with Crippen molar-refractivity contribution >= 4 is 34.8 Å². The lowest BCUT2D eigenvalue weighted by molar-refractivity contribution is -0.121. The maximum atomic E-state index is 12.2. The van der Waals surface area contributed by atoms with E-state index in [0.29, 0.717) is 22.3 Å². The molecule has 108 valence electrons. The third-order valence-corrected chi connectivity index (χ3v) is 3.72. The first-order valence-corrected chi connectivity index (χ1v) is 6.94. The second kappa shape index (κ2) is 6.24. The molecule has 20 heavy (non-hydrogen) atoms. The van der Waals surface area contributed by atoms with Crippen molar-refractivity contribution in [3.63, 3.8) is 0 Å². The zero-order valence-corrected chi connectivity index (χ0v) is 12.3. The fraction of sp³-hybridized carbons (Fsp3) is 0.429. The number of hydrogen-bond acceptors (Lipinski definition) is 3. The Hall–Kier alpha value is -1.59. The fourth-order valence-corrected chi connectivity index (χ4v) is 2.22. The van der Waals surface area contributed by atoms with Gasteiger partial charge < -0.3 is 16.0 Å². The van der Waals surface area contributed by atoms with Crippen LogP contribution in [0.15, 0.2) is 18.2 Å². The van der Waals surface area contributed by atoms with Crippen LogP contribution in [0.25, 0.3) is 0 Å². The van der Waals surface area contributed by atoms with Crippen LogP contribution in [0.1, 0.15) is 13.8 Å². The first kappa shape index (κ1) is 14.8. The minimum Gasteiger partial charge on any atom is -0.324 e. The average molecular weight is 296 g/mol. The van der Waals surface area contributed by atoms with Crippen molar-refractivity contribution in [2.24, 2.45) is 11.8 Å². The molecular weight excluding hydrogens is 278 g/mol. The third-order valence-electron chi connectivity index (χ3n) is 3.48. The fourth-order valence-electron chi connectivity index (χ4n) is 2.04. The second-order valence-electron chi connectivity index (χ2n) is 5.07. The molecule has 0 bridgehead atoms. The van der Waals surface area contributed by atoms with Crippen LogP contribution in [-0.2, 0) is 9.59 Å². The highest BCUT2D eigenvalue weighted by Gasteiger charge is 2.29. The SMILES string of the molecule is CC(=O)Nc1cc(Cl)ccc1NC(=O)C(C)C1CNC1. The summed E-state index contributed by atoms with van der Waals surface area (Å²) < 4.78 is 0. The Kier molecular flexibility index (Phi) is 4.62. The summed E-state index contributed by atoms with van der Waals surface area (Å²) in [6.07, 6.45) is 0. The van der Waals surface area contributed by atoms with Crippen molar-refractivity contribution in [2.75, 3.05) is 23.7 Å². The van der Waals surface area contributed by atoms with Gasteiger partial charge in [-0.25, -0.2) is 0 Å². The molecule has 0 aromatic heterocycles. The van der Waals surface area contributed by atoms with Crippen molar-refractivity contribution in [2.45, 2.75) is 13.8 Å². The predicted molar refractivity (Wildman–Crippen MR) is 79.9 cm³/mol. The zero-order chi connectivity index (χ0) is 14.7. The summed E-state index contributed by atoms with van der Waals surface area (Å²) in [5, 5.41) is 9.17. The van der Waals surface area contributed by atoms with Gasteiger partial charge in [0.1, 0.15) is 0 Å². The van der Waals surface area contributed by atoms with Gasteiger partial charge >= 0.3 is 0 Å². The number of benzene rings is 1. The Morgan fingerprint density at radius 3 is 2.55 bits per heavy atom. The van der Waals surface area contributed by atoms with Gasteiger partial charge in [0.05, 0.1) is 11.4 Å². The summed E-state index contributed by atoms with van der Waals surface area (Å²) >= 11 is 5.91. The van der Waals surface area contributed by atoms with Crippen molar-refractivity contribution in [3.05, 3.63) is 23.2 Å². The molecule has 1 aliphatic heterocycles. The molecule has 6 heteroatoms. The number of anilines is 2. The van der Waals surface area contributed by atoms with Crippen LogP contribution in [0, 0.1) is 11.8 Å². The molecule has 3 N–H and O–H groups in total. The number of nitrogens with one attached hydrogen (secondary N) is 3. The molecule has 1 saturated heterocycles. The van der Waals surface area contributed by atoms with E-state index < -0.39 is 0 Å². The summed E-state index contributed by atoms with van der Waals surface area (Å²) in [6, 6.07) is 4.99. The molecule has 1 atom stereocenters. The van der Waals surface area contributed by atoms with Crippen LogP contribution < -0.4 is 16.0 Å². The monoisotopic (exact) mass is 295 g/mol. The Morgan fingerprint density at radius 2 is 2.00 bits per heavy atom. The van der Waals surface area contributed by atoms with E-state index in [-0.39, 0.29) is 17.7 Å². The number of rotatable bonds is 4. The van der Waals surface area contributed by atoms with Gasteiger partial charge in [-0.3, -0.25) is 9.59 Å². The molecule has 1 fully saturated rings. The molecule has 0 saturated carbocycles. The normalized spacial score (nSPS) is 16.1. The van der Waals surface area contributed by atoms with E-state index >= 15 is 0 Å². The van der Waals surface area contributed by atoms with Crippen molar-refractivity contribution in [3.8, 4) is 0 Å². The summed E-state index contributed by atoms with van der Waals surface area (Å²) in [5.74, 6) is 0.0352. The van der Waals surface area contributed by atoms with Crippen molar-refractivity contribution < 1.29 is 9.59 Å². The second-order valence-corrected chi connectivity index (χ2v) is 5.50. The first-order chi connectivity index (χ1) is 9.47. The number of hydrogen-bond donors (Lipinski definition) is 3. The Balaban J connectivity index is 2.11. The van der Waals surface area contributed by atoms with Gasteiger partial charge in [-0.2, -0.15) is 0 Å². The number of amides is 2. The quantitative estimate of drug-likeness (QED) is 0.796. The molecule has 0 aliphatic carbocycles. The van der Waals surface area contributed by atoms with Gasteiger partial charge in [-0.1, -0.05) is 18.5 Å². The predicted octanol–water partition coefficient (Wildman–Crippen LogP) is 2.09. The van der Waals surface area contributed by atoms with Crippen LogP contribution in [0.3, 0.4) is 0 Å². The van der Waals surface area contributed by atoms with E-state index in [1.54, 1.807) is 18.2 Å². The lowest BCUT2D eigenvalue weighted by Gasteiger charge is -2.31. The molecule has 1 unspecified atom stereocenters. The van der Waals surface area contributed by atoms with E-state index in [4.69, 9.17) is 11.6 Å². The first-order valence-electron chi connectivity index (χ1n) is 6.56. The van der Waals surface area contributed by atoms with Crippen LogP contribution in [0.5, 0.6) is 0 Å². The summed E-state index contributed by atoms with van der Waals surface area (Å²) in [6.45, 7) is 5.06. The molecule has 1 heterocycles. The number of carbonyl (C=O) groups excluding carboxylic acids is 2. The minimum absolute atomic E-state index is 0.0505. The lowest BCUT2D eigenvalue weighted by Crippen LogP contribution is -2.48. The maximum absolute atomic E-state index is 12.2. The molecule has 2 amide bonds. The van der Waals surface area contributed by atoms with Crippen LogP contribution in [0.2, 0.25) is 5.02 Å². The van der Waals surface area contributed by atoms with E-state index in [2.05, 4.69) is 16.0 Å². The lowest BCUT2D eigenvalue weighted by atomic mass is 9.88. The summed E-state index contributed by atoms with van der Waals surface area (Å²) in [7, 11) is 0. The molecule has 5 nitrogen and oxygen atoms in total. The van der Waals surface area contributed by atoms with E-state index in [9.17, 15) is 9.59 Å². The smallest absolute Gasteiger partial charge is 0.227 e. The Labute approximate surface area is 123 Å². The molecule has 0 radical (unpaired) electrons. The molecule has 1 aromatic carbocycles. The van der Waals surface area contributed by atoms with E-state index in [0.717, 1.165) is 13.1 Å². The topological polar surface area (TPSA) is 70.2 Å². The van der Waals surface area contributed by atoms with Gasteiger partial charge in [0.15, 0.2) is 0 Å². The largest absolute Gasteiger partial charge is 0.324 e. The minimum atomic E-state index is -0.209. The highest BCUT2D eigenvalue weighted by molar-refractivity contribution is 6.31. The zero-order valence-electron chi connectivity index (χ0n) is 11.5. The van der Waals surface area contributed by atoms with Crippen molar-refractivity contribution in [1.29, 1.82) is 0 Å². The van der Waals surface area contributed by atoms with Gasteiger partial charge in [0, 0.05) is 17.9 Å².